The van der Waals surface area contributed by atoms with Gasteiger partial charge in [-0.2, -0.15) is 0 Å². The number of aryl methyl sites for hydroxylation is 2. The summed E-state index contributed by atoms with van der Waals surface area (Å²) in [5.41, 5.74) is 5.39. The molecular weight excluding hydrogens is 293 g/mol. The first kappa shape index (κ1) is 11.6. The van der Waals surface area contributed by atoms with Crippen molar-refractivity contribution in [1.29, 1.82) is 0 Å². The van der Waals surface area contributed by atoms with E-state index in [4.69, 9.17) is 0 Å². The van der Waals surface area contributed by atoms with Crippen molar-refractivity contribution in [3.05, 3.63) is 69.7 Å². The first-order valence-corrected chi connectivity index (χ1v) is 6.74. The van der Waals surface area contributed by atoms with Crippen molar-refractivity contribution in [3.63, 3.8) is 0 Å². The smallest absolute Gasteiger partial charge is 0.123 e. The summed E-state index contributed by atoms with van der Waals surface area (Å²) < 4.78 is 13.3. The molecule has 0 amide bonds. The Labute approximate surface area is 114 Å². The van der Waals surface area contributed by atoms with Crippen molar-refractivity contribution in [3.8, 4) is 0 Å². The zero-order chi connectivity index (χ0) is 12.5. The molecule has 1 aromatic heterocycles. The van der Waals surface area contributed by atoms with Gasteiger partial charge in [0.2, 0.25) is 0 Å². The van der Waals surface area contributed by atoms with Crippen molar-refractivity contribution >= 4 is 21.5 Å². The molecule has 0 saturated heterocycles. The van der Waals surface area contributed by atoms with E-state index in [1.807, 2.05) is 17.1 Å². The highest BCUT2D eigenvalue weighted by molar-refractivity contribution is 9.11. The average Bonchev–Trinajstić information content (AvgIpc) is 2.55. The molecule has 1 aliphatic carbocycles. The normalized spacial score (nSPS) is 16.0. The van der Waals surface area contributed by atoms with Crippen molar-refractivity contribution < 1.29 is 4.39 Å². The molecule has 1 nitrogen and oxygen atoms in total. The van der Waals surface area contributed by atoms with E-state index in [1.54, 1.807) is 12.3 Å². The topological polar surface area (TPSA) is 12.9 Å². The molecule has 0 radical (unpaired) electrons. The summed E-state index contributed by atoms with van der Waals surface area (Å²) in [5, 5.41) is 0. The average molecular weight is 304 g/mol. The summed E-state index contributed by atoms with van der Waals surface area (Å²) in [6.07, 6.45) is 3.47. The van der Waals surface area contributed by atoms with Gasteiger partial charge in [0, 0.05) is 17.5 Å². The SMILES string of the molecule is Fc1ccc2c(c1)CCc1ncccc1/C2=C/Br. The third kappa shape index (κ3) is 1.89. The number of rotatable bonds is 0. The molecule has 1 aromatic carbocycles. The van der Waals surface area contributed by atoms with Crippen LogP contribution in [0.1, 0.15) is 22.4 Å². The Morgan fingerprint density at radius 2 is 2.06 bits per heavy atom. The van der Waals surface area contributed by atoms with E-state index >= 15 is 0 Å². The number of benzene rings is 1. The highest BCUT2D eigenvalue weighted by Gasteiger charge is 2.18. The number of aromatic nitrogens is 1. The molecule has 3 heteroatoms. The van der Waals surface area contributed by atoms with Gasteiger partial charge in [-0.05, 0) is 52.7 Å². The standard InChI is InChI=1S/C15H11BrFN/c16-9-14-12-5-4-11(17)8-10(12)3-6-15-13(14)2-1-7-18-15/h1-2,4-5,7-9H,3,6H2/b14-9+. The first-order valence-electron chi connectivity index (χ1n) is 5.83. The third-order valence-electron chi connectivity index (χ3n) is 3.28. The van der Waals surface area contributed by atoms with Gasteiger partial charge in [-0.25, -0.2) is 4.39 Å². The van der Waals surface area contributed by atoms with Gasteiger partial charge in [-0.3, -0.25) is 4.98 Å². The second kappa shape index (κ2) is 4.65. The maximum Gasteiger partial charge on any atom is 0.123 e. The number of halogens is 2. The van der Waals surface area contributed by atoms with Crippen LogP contribution in [-0.4, -0.2) is 4.98 Å². The van der Waals surface area contributed by atoms with E-state index in [0.717, 1.165) is 40.8 Å². The van der Waals surface area contributed by atoms with Crippen molar-refractivity contribution in [2.75, 3.05) is 0 Å². The lowest BCUT2D eigenvalue weighted by Gasteiger charge is -2.09. The van der Waals surface area contributed by atoms with E-state index in [1.165, 1.54) is 6.07 Å². The van der Waals surface area contributed by atoms with Crippen LogP contribution in [0.4, 0.5) is 4.39 Å². The van der Waals surface area contributed by atoms with E-state index in [-0.39, 0.29) is 5.82 Å². The lowest BCUT2D eigenvalue weighted by atomic mass is 9.97. The van der Waals surface area contributed by atoms with E-state index in [0.29, 0.717) is 0 Å². The van der Waals surface area contributed by atoms with Crippen molar-refractivity contribution in [2.45, 2.75) is 12.8 Å². The maximum absolute atomic E-state index is 13.3. The summed E-state index contributed by atoms with van der Waals surface area (Å²) in [7, 11) is 0. The molecule has 90 valence electrons. The number of pyridine rings is 1. The minimum absolute atomic E-state index is 0.179. The second-order valence-corrected chi connectivity index (χ2v) is 4.78. The van der Waals surface area contributed by atoms with Gasteiger partial charge >= 0.3 is 0 Å². The van der Waals surface area contributed by atoms with Gasteiger partial charge in [0.15, 0.2) is 0 Å². The van der Waals surface area contributed by atoms with E-state index in [2.05, 4.69) is 27.0 Å². The molecule has 1 aliphatic rings. The van der Waals surface area contributed by atoms with Crippen LogP contribution < -0.4 is 0 Å². The number of hydrogen-bond donors (Lipinski definition) is 0. The van der Waals surface area contributed by atoms with E-state index in [9.17, 15) is 4.39 Å². The molecule has 0 unspecified atom stereocenters. The molecule has 0 spiro atoms. The predicted molar refractivity (Wildman–Crippen MR) is 74.1 cm³/mol. The van der Waals surface area contributed by atoms with Gasteiger partial charge in [0.05, 0.1) is 0 Å². The fraction of sp³-hybridized carbons (Fsp3) is 0.133. The molecular formula is C15H11BrFN. The molecule has 0 saturated carbocycles. The number of hydrogen-bond acceptors (Lipinski definition) is 1. The Bertz CT molecular complexity index is 634. The Morgan fingerprint density at radius 3 is 2.89 bits per heavy atom. The molecule has 1 heterocycles. The van der Waals surface area contributed by atoms with Crippen LogP contribution >= 0.6 is 15.9 Å². The third-order valence-corrected chi connectivity index (χ3v) is 3.74. The largest absolute Gasteiger partial charge is 0.261 e. The maximum atomic E-state index is 13.3. The molecule has 0 fully saturated rings. The Kier molecular flexibility index (Phi) is 3.00. The highest BCUT2D eigenvalue weighted by atomic mass is 79.9. The van der Waals surface area contributed by atoms with Crippen molar-refractivity contribution in [1.82, 2.24) is 4.98 Å². The molecule has 2 aromatic rings. The van der Waals surface area contributed by atoms with Crippen LogP contribution in [0.5, 0.6) is 0 Å². The first-order chi connectivity index (χ1) is 8.79. The monoisotopic (exact) mass is 303 g/mol. The van der Waals surface area contributed by atoms with Gasteiger partial charge in [0.25, 0.3) is 0 Å². The minimum atomic E-state index is -0.179. The Balaban J connectivity index is 2.25. The van der Waals surface area contributed by atoms with Crippen LogP contribution in [0.2, 0.25) is 0 Å². The summed E-state index contributed by atoms with van der Waals surface area (Å²) >= 11 is 3.42. The summed E-state index contributed by atoms with van der Waals surface area (Å²) in [5.74, 6) is -0.179. The summed E-state index contributed by atoms with van der Waals surface area (Å²) in [6, 6.07) is 8.98. The van der Waals surface area contributed by atoms with Crippen LogP contribution in [0.3, 0.4) is 0 Å². The van der Waals surface area contributed by atoms with Gasteiger partial charge in [0.1, 0.15) is 5.82 Å². The highest BCUT2D eigenvalue weighted by Crippen LogP contribution is 2.33. The molecule has 18 heavy (non-hydrogen) atoms. The van der Waals surface area contributed by atoms with Crippen molar-refractivity contribution in [2.24, 2.45) is 0 Å². The zero-order valence-electron chi connectivity index (χ0n) is 9.66. The number of fused-ring (bicyclic) bond motifs is 2. The quantitative estimate of drug-likeness (QED) is 0.714. The fourth-order valence-corrected chi connectivity index (χ4v) is 2.92. The lowest BCUT2D eigenvalue weighted by Crippen LogP contribution is -1.94. The van der Waals surface area contributed by atoms with E-state index < -0.39 is 0 Å². The summed E-state index contributed by atoms with van der Waals surface area (Å²) in [4.78, 5) is 6.33. The van der Waals surface area contributed by atoms with Gasteiger partial charge in [-0.15, -0.1) is 0 Å². The lowest BCUT2D eigenvalue weighted by molar-refractivity contribution is 0.625. The summed E-state index contributed by atoms with van der Waals surface area (Å²) in [6.45, 7) is 0. The van der Waals surface area contributed by atoms with Gasteiger partial charge < -0.3 is 0 Å². The second-order valence-electron chi connectivity index (χ2n) is 4.32. The fourth-order valence-electron chi connectivity index (χ4n) is 2.43. The molecule has 0 aliphatic heterocycles. The number of nitrogens with zero attached hydrogens (tertiary/aromatic N) is 1. The van der Waals surface area contributed by atoms with Crippen LogP contribution in [0.15, 0.2) is 41.5 Å². The molecule has 3 rings (SSSR count). The Morgan fingerprint density at radius 1 is 1.17 bits per heavy atom. The zero-order valence-corrected chi connectivity index (χ0v) is 11.2. The molecule has 0 bridgehead atoms. The molecule has 0 N–H and O–H groups in total. The van der Waals surface area contributed by atoms with Crippen LogP contribution in [-0.2, 0) is 12.8 Å². The Hall–Kier alpha value is -1.48. The van der Waals surface area contributed by atoms with Crippen LogP contribution in [0.25, 0.3) is 5.57 Å². The van der Waals surface area contributed by atoms with Crippen LogP contribution in [0, 0.1) is 5.82 Å². The molecule has 0 atom stereocenters. The van der Waals surface area contributed by atoms with Gasteiger partial charge in [-0.1, -0.05) is 28.1 Å². The predicted octanol–water partition coefficient (Wildman–Crippen LogP) is 4.10. The minimum Gasteiger partial charge on any atom is -0.261 e.